The van der Waals surface area contributed by atoms with Crippen LogP contribution in [0.25, 0.3) is 0 Å². The minimum atomic E-state index is -5.24. The molecule has 4 amide bonds. The van der Waals surface area contributed by atoms with Gasteiger partial charge < -0.3 is 5.32 Å². The minimum absolute atomic E-state index is 0.0570. The molecule has 152 valence electrons. The summed E-state index contributed by atoms with van der Waals surface area (Å²) in [6, 6.07) is 13.4. The molecule has 1 aliphatic rings. The SMILES string of the molecule is Cc1cccc(C(=O)NC2(C(F)(F)F)NC(=O)N(CCc3ccccc3)C2=O)c1. The molecule has 29 heavy (non-hydrogen) atoms. The molecule has 0 aromatic heterocycles. The van der Waals surface area contributed by atoms with Gasteiger partial charge in [-0.25, -0.2) is 4.79 Å². The van der Waals surface area contributed by atoms with E-state index >= 15 is 0 Å². The van der Waals surface area contributed by atoms with Gasteiger partial charge in [0.15, 0.2) is 0 Å². The van der Waals surface area contributed by atoms with Crippen molar-refractivity contribution >= 4 is 17.8 Å². The molecule has 1 saturated heterocycles. The van der Waals surface area contributed by atoms with Gasteiger partial charge in [0.25, 0.3) is 17.5 Å². The number of nitrogens with one attached hydrogen (secondary N) is 2. The van der Waals surface area contributed by atoms with E-state index < -0.39 is 29.7 Å². The highest BCUT2D eigenvalue weighted by molar-refractivity contribution is 6.10. The first kappa shape index (κ1) is 20.4. The Kier molecular flexibility index (Phi) is 5.32. The number of rotatable bonds is 5. The number of hydrogen-bond donors (Lipinski definition) is 2. The first-order chi connectivity index (χ1) is 13.6. The number of carbonyl (C=O) groups is 3. The van der Waals surface area contributed by atoms with E-state index in [1.165, 1.54) is 18.2 Å². The van der Waals surface area contributed by atoms with Crippen LogP contribution in [0.3, 0.4) is 0 Å². The Morgan fingerprint density at radius 3 is 2.41 bits per heavy atom. The van der Waals surface area contributed by atoms with Gasteiger partial charge in [0, 0.05) is 12.1 Å². The molecule has 1 fully saturated rings. The Morgan fingerprint density at radius 2 is 1.79 bits per heavy atom. The molecule has 0 bridgehead atoms. The summed E-state index contributed by atoms with van der Waals surface area (Å²) in [6.07, 6.45) is -5.06. The highest BCUT2D eigenvalue weighted by Crippen LogP contribution is 2.34. The highest BCUT2D eigenvalue weighted by Gasteiger charge is 2.68. The second-order valence-electron chi connectivity index (χ2n) is 6.69. The van der Waals surface area contributed by atoms with Crippen molar-refractivity contribution in [1.82, 2.24) is 15.5 Å². The van der Waals surface area contributed by atoms with Crippen molar-refractivity contribution in [2.75, 3.05) is 6.54 Å². The molecule has 0 saturated carbocycles. The van der Waals surface area contributed by atoms with Gasteiger partial charge in [-0.1, -0.05) is 48.0 Å². The zero-order valence-electron chi connectivity index (χ0n) is 15.4. The molecule has 9 heteroatoms. The first-order valence-corrected chi connectivity index (χ1v) is 8.78. The fraction of sp³-hybridized carbons (Fsp3) is 0.250. The van der Waals surface area contributed by atoms with E-state index in [0.29, 0.717) is 10.5 Å². The predicted molar refractivity (Wildman–Crippen MR) is 97.8 cm³/mol. The van der Waals surface area contributed by atoms with Gasteiger partial charge in [0.2, 0.25) is 0 Å². The molecule has 1 unspecified atom stereocenters. The van der Waals surface area contributed by atoms with E-state index in [9.17, 15) is 27.6 Å². The molecule has 0 aliphatic carbocycles. The molecular formula is C20H18F3N3O3. The third-order valence-corrected chi connectivity index (χ3v) is 4.58. The number of imide groups is 1. The van der Waals surface area contributed by atoms with Crippen LogP contribution in [0.15, 0.2) is 54.6 Å². The van der Waals surface area contributed by atoms with Crippen molar-refractivity contribution in [2.45, 2.75) is 25.2 Å². The van der Waals surface area contributed by atoms with Crippen molar-refractivity contribution in [3.05, 3.63) is 71.3 Å². The number of aryl methyl sites for hydroxylation is 1. The summed E-state index contributed by atoms with van der Waals surface area (Å²) in [5, 5.41) is 3.34. The highest BCUT2D eigenvalue weighted by atomic mass is 19.4. The average molecular weight is 405 g/mol. The number of hydrogen-bond acceptors (Lipinski definition) is 3. The zero-order chi connectivity index (χ0) is 21.2. The van der Waals surface area contributed by atoms with Crippen LogP contribution in [0.4, 0.5) is 18.0 Å². The maximum Gasteiger partial charge on any atom is 0.440 e. The Hall–Kier alpha value is -3.36. The van der Waals surface area contributed by atoms with Crippen LogP contribution in [0.1, 0.15) is 21.5 Å². The lowest BCUT2D eigenvalue weighted by Gasteiger charge is -2.30. The van der Waals surface area contributed by atoms with Crippen LogP contribution in [0.2, 0.25) is 0 Å². The van der Waals surface area contributed by atoms with Gasteiger partial charge in [-0.05, 0) is 31.0 Å². The third-order valence-electron chi connectivity index (χ3n) is 4.58. The standard InChI is InChI=1S/C20H18F3N3O3/c1-13-6-5-9-15(12-13)16(27)24-19(20(21,22)23)17(28)26(18(29)25-19)11-10-14-7-3-2-4-8-14/h2-9,12H,10-11H2,1H3,(H,24,27)(H,25,29). The summed E-state index contributed by atoms with van der Waals surface area (Å²) in [6.45, 7) is 1.41. The summed E-state index contributed by atoms with van der Waals surface area (Å²) in [5.74, 6) is -2.68. The van der Waals surface area contributed by atoms with E-state index in [2.05, 4.69) is 0 Å². The lowest BCUT2D eigenvalue weighted by molar-refractivity contribution is -0.200. The number of urea groups is 1. The second kappa shape index (κ2) is 7.57. The molecule has 0 spiro atoms. The van der Waals surface area contributed by atoms with E-state index in [1.807, 2.05) is 0 Å². The Bertz CT molecular complexity index is 947. The number of amides is 4. The van der Waals surface area contributed by atoms with Gasteiger partial charge in [-0.2, -0.15) is 13.2 Å². The topological polar surface area (TPSA) is 78.5 Å². The molecule has 1 aliphatic heterocycles. The van der Waals surface area contributed by atoms with E-state index in [4.69, 9.17) is 0 Å². The molecular weight excluding hydrogens is 387 g/mol. The fourth-order valence-corrected chi connectivity index (χ4v) is 3.04. The third kappa shape index (κ3) is 3.94. The first-order valence-electron chi connectivity index (χ1n) is 8.78. The monoisotopic (exact) mass is 405 g/mol. The van der Waals surface area contributed by atoms with Gasteiger partial charge in [-0.15, -0.1) is 0 Å². The van der Waals surface area contributed by atoms with Gasteiger partial charge in [-0.3, -0.25) is 19.8 Å². The summed E-state index contributed by atoms with van der Waals surface area (Å²) >= 11 is 0. The normalized spacial score (nSPS) is 19.2. The molecule has 0 radical (unpaired) electrons. The maximum atomic E-state index is 13.9. The molecule has 2 aromatic carbocycles. The largest absolute Gasteiger partial charge is 0.440 e. The van der Waals surface area contributed by atoms with Crippen LogP contribution in [0.5, 0.6) is 0 Å². The maximum absolute atomic E-state index is 13.9. The number of benzene rings is 2. The Balaban J connectivity index is 1.85. The van der Waals surface area contributed by atoms with Crippen LogP contribution in [-0.4, -0.2) is 41.1 Å². The Labute approximate surface area is 164 Å². The summed E-state index contributed by atoms with van der Waals surface area (Å²) in [5.41, 5.74) is -2.16. The fourth-order valence-electron chi connectivity index (χ4n) is 3.04. The van der Waals surface area contributed by atoms with Crippen molar-refractivity contribution in [2.24, 2.45) is 0 Å². The summed E-state index contributed by atoms with van der Waals surface area (Å²) in [4.78, 5) is 37.7. The van der Waals surface area contributed by atoms with Crippen molar-refractivity contribution in [3.63, 3.8) is 0 Å². The molecule has 1 heterocycles. The molecule has 6 nitrogen and oxygen atoms in total. The predicted octanol–water partition coefficient (Wildman–Crippen LogP) is 2.78. The lowest BCUT2D eigenvalue weighted by atomic mass is 10.1. The Morgan fingerprint density at radius 1 is 1.10 bits per heavy atom. The van der Waals surface area contributed by atoms with Crippen LogP contribution < -0.4 is 10.6 Å². The van der Waals surface area contributed by atoms with E-state index in [0.717, 1.165) is 5.56 Å². The van der Waals surface area contributed by atoms with Gasteiger partial charge >= 0.3 is 12.2 Å². The van der Waals surface area contributed by atoms with E-state index in [1.54, 1.807) is 54.0 Å². The van der Waals surface area contributed by atoms with Crippen molar-refractivity contribution in [3.8, 4) is 0 Å². The van der Waals surface area contributed by atoms with Gasteiger partial charge in [0.1, 0.15) is 0 Å². The number of carbonyl (C=O) groups excluding carboxylic acids is 3. The van der Waals surface area contributed by atoms with Crippen LogP contribution in [-0.2, 0) is 11.2 Å². The van der Waals surface area contributed by atoms with Crippen LogP contribution >= 0.6 is 0 Å². The summed E-state index contributed by atoms with van der Waals surface area (Å²) < 4.78 is 41.6. The molecule has 1 atom stereocenters. The van der Waals surface area contributed by atoms with Gasteiger partial charge in [0.05, 0.1) is 0 Å². The zero-order valence-corrected chi connectivity index (χ0v) is 15.4. The average Bonchev–Trinajstić information content (AvgIpc) is 2.91. The molecule has 2 N–H and O–H groups in total. The smallest absolute Gasteiger partial charge is 0.314 e. The number of nitrogens with zero attached hydrogens (tertiary/aromatic N) is 1. The van der Waals surface area contributed by atoms with Crippen molar-refractivity contribution in [1.29, 1.82) is 0 Å². The second-order valence-corrected chi connectivity index (χ2v) is 6.69. The van der Waals surface area contributed by atoms with Crippen LogP contribution in [0, 0.1) is 6.92 Å². The van der Waals surface area contributed by atoms with Crippen molar-refractivity contribution < 1.29 is 27.6 Å². The molecule has 3 rings (SSSR count). The van der Waals surface area contributed by atoms with E-state index in [-0.39, 0.29) is 18.5 Å². The molecule has 2 aromatic rings. The number of alkyl halides is 3. The lowest BCUT2D eigenvalue weighted by Crippen LogP contribution is -2.69. The summed E-state index contributed by atoms with van der Waals surface area (Å²) in [7, 11) is 0. The quantitative estimate of drug-likeness (QED) is 0.751. The minimum Gasteiger partial charge on any atom is -0.314 e. The number of halogens is 3.